The summed E-state index contributed by atoms with van der Waals surface area (Å²) in [4.78, 5) is 11.4. The summed E-state index contributed by atoms with van der Waals surface area (Å²) in [7, 11) is 0. The van der Waals surface area contributed by atoms with Crippen LogP contribution < -0.4 is 11.1 Å². The molecular formula is C9H19ClN2O. The van der Waals surface area contributed by atoms with Crippen LogP contribution in [0.2, 0.25) is 0 Å². The standard InChI is InChI=1S/C9H18N2O.ClH/c1-9(2,3)7(10)8(12)11-6-4-5-6;/h6-7H,4-5,10H2,1-3H3,(H,11,12);1H. The smallest absolute Gasteiger partial charge is 0.237 e. The molecule has 3 N–H and O–H groups in total. The molecule has 3 nitrogen and oxygen atoms in total. The van der Waals surface area contributed by atoms with Crippen molar-refractivity contribution in [2.75, 3.05) is 0 Å². The van der Waals surface area contributed by atoms with E-state index in [1.54, 1.807) is 0 Å². The van der Waals surface area contributed by atoms with E-state index in [2.05, 4.69) is 5.32 Å². The fourth-order valence-electron chi connectivity index (χ4n) is 0.912. The quantitative estimate of drug-likeness (QED) is 0.710. The van der Waals surface area contributed by atoms with E-state index in [9.17, 15) is 4.79 Å². The van der Waals surface area contributed by atoms with Crippen molar-refractivity contribution in [2.45, 2.75) is 45.7 Å². The summed E-state index contributed by atoms with van der Waals surface area (Å²) >= 11 is 0. The van der Waals surface area contributed by atoms with Gasteiger partial charge < -0.3 is 11.1 Å². The van der Waals surface area contributed by atoms with E-state index in [-0.39, 0.29) is 23.7 Å². The number of carbonyl (C=O) groups is 1. The van der Waals surface area contributed by atoms with Gasteiger partial charge in [-0.25, -0.2) is 0 Å². The van der Waals surface area contributed by atoms with E-state index in [4.69, 9.17) is 5.73 Å². The van der Waals surface area contributed by atoms with Crippen LogP contribution in [0.25, 0.3) is 0 Å². The van der Waals surface area contributed by atoms with E-state index >= 15 is 0 Å². The molecule has 0 aromatic carbocycles. The van der Waals surface area contributed by atoms with E-state index in [0.717, 1.165) is 12.8 Å². The summed E-state index contributed by atoms with van der Waals surface area (Å²) in [5.41, 5.74) is 5.62. The molecule has 0 radical (unpaired) electrons. The molecule has 0 heterocycles. The minimum atomic E-state index is -0.391. The Morgan fingerprint density at radius 3 is 2.23 bits per heavy atom. The average molecular weight is 207 g/mol. The lowest BCUT2D eigenvalue weighted by Crippen LogP contribution is -2.49. The lowest BCUT2D eigenvalue weighted by Gasteiger charge is -2.25. The molecule has 1 rings (SSSR count). The summed E-state index contributed by atoms with van der Waals surface area (Å²) in [6.45, 7) is 5.93. The highest BCUT2D eigenvalue weighted by Crippen LogP contribution is 2.21. The van der Waals surface area contributed by atoms with Crippen LogP contribution in [0.5, 0.6) is 0 Å². The molecular weight excluding hydrogens is 188 g/mol. The third-order valence-corrected chi connectivity index (χ3v) is 2.14. The molecule has 1 amide bonds. The third-order valence-electron chi connectivity index (χ3n) is 2.14. The minimum Gasteiger partial charge on any atom is -0.352 e. The first-order valence-electron chi connectivity index (χ1n) is 4.47. The van der Waals surface area contributed by atoms with Gasteiger partial charge in [0.15, 0.2) is 0 Å². The van der Waals surface area contributed by atoms with Gasteiger partial charge in [-0.05, 0) is 18.3 Å². The van der Waals surface area contributed by atoms with Gasteiger partial charge in [0.2, 0.25) is 5.91 Å². The lowest BCUT2D eigenvalue weighted by atomic mass is 9.87. The fourth-order valence-corrected chi connectivity index (χ4v) is 0.912. The Morgan fingerprint density at radius 1 is 1.46 bits per heavy atom. The Labute approximate surface area is 85.9 Å². The number of amides is 1. The first kappa shape index (κ1) is 12.7. The van der Waals surface area contributed by atoms with Gasteiger partial charge in [0.1, 0.15) is 0 Å². The Balaban J connectivity index is 0.00000144. The minimum absolute atomic E-state index is 0. The summed E-state index contributed by atoms with van der Waals surface area (Å²) in [6.07, 6.45) is 2.23. The summed E-state index contributed by atoms with van der Waals surface area (Å²) in [5, 5.41) is 2.90. The zero-order valence-electron chi connectivity index (χ0n) is 8.46. The lowest BCUT2D eigenvalue weighted by molar-refractivity contribution is -0.124. The second-order valence-corrected chi connectivity index (χ2v) is 4.63. The molecule has 1 aliphatic rings. The van der Waals surface area contributed by atoms with Crippen LogP contribution in [0, 0.1) is 5.41 Å². The number of halogens is 1. The maximum Gasteiger partial charge on any atom is 0.237 e. The molecule has 1 saturated carbocycles. The van der Waals surface area contributed by atoms with Crippen molar-refractivity contribution in [3.8, 4) is 0 Å². The normalized spacial score (nSPS) is 18.8. The zero-order chi connectivity index (χ0) is 9.35. The molecule has 1 atom stereocenters. The van der Waals surface area contributed by atoms with E-state index in [0.29, 0.717) is 6.04 Å². The van der Waals surface area contributed by atoms with Crippen molar-refractivity contribution in [1.82, 2.24) is 5.32 Å². The van der Waals surface area contributed by atoms with Crippen LogP contribution in [0.1, 0.15) is 33.6 Å². The predicted molar refractivity (Wildman–Crippen MR) is 55.8 cm³/mol. The van der Waals surface area contributed by atoms with Gasteiger partial charge in [0.05, 0.1) is 6.04 Å². The molecule has 13 heavy (non-hydrogen) atoms. The molecule has 1 unspecified atom stereocenters. The Bertz CT molecular complexity index is 185. The van der Waals surface area contributed by atoms with Crippen molar-refractivity contribution in [3.63, 3.8) is 0 Å². The van der Waals surface area contributed by atoms with Gasteiger partial charge >= 0.3 is 0 Å². The van der Waals surface area contributed by atoms with Gasteiger partial charge in [-0.15, -0.1) is 12.4 Å². The molecule has 0 saturated heterocycles. The molecule has 1 aliphatic carbocycles. The van der Waals surface area contributed by atoms with Crippen molar-refractivity contribution < 1.29 is 4.79 Å². The second-order valence-electron chi connectivity index (χ2n) is 4.63. The number of carbonyl (C=O) groups excluding carboxylic acids is 1. The van der Waals surface area contributed by atoms with E-state index in [1.165, 1.54) is 0 Å². The van der Waals surface area contributed by atoms with E-state index in [1.807, 2.05) is 20.8 Å². The highest BCUT2D eigenvalue weighted by Gasteiger charge is 2.31. The molecule has 0 bridgehead atoms. The molecule has 0 aliphatic heterocycles. The highest BCUT2D eigenvalue weighted by atomic mass is 35.5. The number of hydrogen-bond acceptors (Lipinski definition) is 2. The summed E-state index contributed by atoms with van der Waals surface area (Å²) < 4.78 is 0. The summed E-state index contributed by atoms with van der Waals surface area (Å²) in [6, 6.07) is 0.0176. The molecule has 0 aromatic heterocycles. The molecule has 1 fully saturated rings. The molecule has 0 spiro atoms. The fraction of sp³-hybridized carbons (Fsp3) is 0.889. The number of rotatable bonds is 2. The Hall–Kier alpha value is -0.280. The van der Waals surface area contributed by atoms with Crippen molar-refractivity contribution in [2.24, 2.45) is 11.1 Å². The van der Waals surface area contributed by atoms with Gasteiger partial charge in [0.25, 0.3) is 0 Å². The van der Waals surface area contributed by atoms with Crippen LogP contribution in [0.4, 0.5) is 0 Å². The van der Waals surface area contributed by atoms with E-state index < -0.39 is 6.04 Å². The van der Waals surface area contributed by atoms with Crippen molar-refractivity contribution in [3.05, 3.63) is 0 Å². The average Bonchev–Trinajstić information content (AvgIpc) is 2.68. The molecule has 4 heteroatoms. The maximum absolute atomic E-state index is 11.4. The largest absolute Gasteiger partial charge is 0.352 e. The number of hydrogen-bond donors (Lipinski definition) is 2. The number of nitrogens with one attached hydrogen (secondary N) is 1. The monoisotopic (exact) mass is 206 g/mol. The number of nitrogens with two attached hydrogens (primary N) is 1. The van der Waals surface area contributed by atoms with Crippen LogP contribution in [0.3, 0.4) is 0 Å². The third kappa shape index (κ3) is 3.96. The van der Waals surface area contributed by atoms with Gasteiger partial charge in [-0.1, -0.05) is 20.8 Å². The predicted octanol–water partition coefficient (Wildman–Crippen LogP) is 1.06. The molecule has 0 aromatic rings. The first-order valence-corrected chi connectivity index (χ1v) is 4.47. The van der Waals surface area contributed by atoms with Gasteiger partial charge in [0, 0.05) is 6.04 Å². The molecule has 78 valence electrons. The van der Waals surface area contributed by atoms with Gasteiger partial charge in [-0.3, -0.25) is 4.79 Å². The maximum atomic E-state index is 11.4. The summed E-state index contributed by atoms with van der Waals surface area (Å²) in [5.74, 6) is -0.00926. The SMILES string of the molecule is CC(C)(C)C(N)C(=O)NC1CC1.Cl. The van der Waals surface area contributed by atoms with Crippen LogP contribution in [0.15, 0.2) is 0 Å². The van der Waals surface area contributed by atoms with Crippen molar-refractivity contribution >= 4 is 18.3 Å². The first-order chi connectivity index (χ1) is 5.41. The van der Waals surface area contributed by atoms with Gasteiger partial charge in [-0.2, -0.15) is 0 Å². The second kappa shape index (κ2) is 4.29. The topological polar surface area (TPSA) is 55.1 Å². The van der Waals surface area contributed by atoms with Crippen molar-refractivity contribution in [1.29, 1.82) is 0 Å². The van der Waals surface area contributed by atoms with Crippen LogP contribution in [-0.4, -0.2) is 18.0 Å². The zero-order valence-corrected chi connectivity index (χ0v) is 9.28. The van der Waals surface area contributed by atoms with Crippen LogP contribution >= 0.6 is 12.4 Å². The van der Waals surface area contributed by atoms with Crippen LogP contribution in [-0.2, 0) is 4.79 Å². The Kier molecular flexibility index (Phi) is 4.20. The Morgan fingerprint density at radius 2 is 1.92 bits per heavy atom. The highest BCUT2D eigenvalue weighted by molar-refractivity contribution is 5.85.